The summed E-state index contributed by atoms with van der Waals surface area (Å²) >= 11 is 5.25. The molecule has 0 radical (unpaired) electrons. The Hall–Kier alpha value is -1.07. The normalized spacial score (nSPS) is 14.3. The molecule has 5 heteroatoms. The van der Waals surface area contributed by atoms with Crippen molar-refractivity contribution in [2.24, 2.45) is 0 Å². The summed E-state index contributed by atoms with van der Waals surface area (Å²) < 4.78 is 32.6. The van der Waals surface area contributed by atoms with Gasteiger partial charge in [0.1, 0.15) is 11.6 Å². The third-order valence-corrected chi connectivity index (χ3v) is 4.79. The van der Waals surface area contributed by atoms with Gasteiger partial charge in [-0.25, -0.2) is 8.78 Å². The number of hydrogen-bond acceptors (Lipinski definition) is 2. The van der Waals surface area contributed by atoms with Crippen molar-refractivity contribution in [3.63, 3.8) is 0 Å². The molecule has 1 saturated carbocycles. The summed E-state index contributed by atoms with van der Waals surface area (Å²) in [4.78, 5) is 1.16. The molecule has 0 aliphatic heterocycles. The zero-order valence-corrected chi connectivity index (χ0v) is 12.8. The first-order valence-electron chi connectivity index (χ1n) is 6.21. The lowest BCUT2D eigenvalue weighted by atomic mass is 10.3. The molecule has 0 amide bonds. The summed E-state index contributed by atoms with van der Waals surface area (Å²) in [6.07, 6.45) is 2.53. The minimum atomic E-state index is -0.715. The van der Waals surface area contributed by atoms with Crippen LogP contribution in [-0.2, 0) is 0 Å². The Labute approximate surface area is 128 Å². The second kappa shape index (κ2) is 5.74. The summed E-state index contributed by atoms with van der Waals surface area (Å²) in [6.45, 7) is 0. The Morgan fingerprint density at radius 2 is 1.80 bits per heavy atom. The molecule has 1 nitrogen and oxygen atoms in total. The zero-order chi connectivity index (χ0) is 14.1. The van der Waals surface area contributed by atoms with Crippen molar-refractivity contribution in [1.82, 2.24) is 0 Å². The van der Waals surface area contributed by atoms with Gasteiger partial charge >= 0.3 is 0 Å². The highest BCUT2D eigenvalue weighted by atomic mass is 79.9. The summed E-state index contributed by atoms with van der Waals surface area (Å²) in [5, 5.41) is 0.725. The van der Waals surface area contributed by atoms with E-state index >= 15 is 0 Å². The van der Waals surface area contributed by atoms with Crippen LogP contribution in [0.1, 0.15) is 12.8 Å². The van der Waals surface area contributed by atoms with E-state index in [1.54, 1.807) is 6.07 Å². The zero-order valence-electron chi connectivity index (χ0n) is 10.4. The molecule has 0 unspecified atom stereocenters. The van der Waals surface area contributed by atoms with Crippen LogP contribution in [0.4, 0.5) is 8.78 Å². The predicted octanol–water partition coefficient (Wildman–Crippen LogP) is 5.77. The molecule has 104 valence electrons. The van der Waals surface area contributed by atoms with E-state index in [2.05, 4.69) is 15.9 Å². The van der Waals surface area contributed by atoms with Gasteiger partial charge < -0.3 is 4.74 Å². The number of thioether (sulfide) groups is 1. The van der Waals surface area contributed by atoms with Crippen molar-refractivity contribution in [2.45, 2.75) is 23.0 Å². The maximum Gasteiger partial charge on any atom is 0.168 e. The Kier molecular flexibility index (Phi) is 3.98. The van der Waals surface area contributed by atoms with Gasteiger partial charge in [0, 0.05) is 16.2 Å². The van der Waals surface area contributed by atoms with Crippen LogP contribution in [0.25, 0.3) is 0 Å². The fraction of sp³-hybridized carbons (Fsp3) is 0.200. The Balaban J connectivity index is 1.79. The van der Waals surface area contributed by atoms with E-state index in [9.17, 15) is 8.78 Å². The van der Waals surface area contributed by atoms with E-state index in [-0.39, 0.29) is 5.75 Å². The quantitative estimate of drug-likeness (QED) is 0.687. The lowest BCUT2D eigenvalue weighted by Gasteiger charge is -2.10. The van der Waals surface area contributed by atoms with Gasteiger partial charge in [0.2, 0.25) is 0 Å². The standard InChI is InChI=1S/C15H11BrF2OS/c16-12-8-11(20-10-2-3-10)4-6-14(12)19-15-5-1-9(17)7-13(15)18/h1,4-8,10H,2-3H2. The Bertz CT molecular complexity index is 644. The number of halogens is 3. The molecule has 2 aromatic rings. The third-order valence-electron chi connectivity index (χ3n) is 2.84. The Morgan fingerprint density at radius 1 is 1.05 bits per heavy atom. The van der Waals surface area contributed by atoms with E-state index in [0.29, 0.717) is 5.75 Å². The molecule has 3 rings (SSSR count). The minimum Gasteiger partial charge on any atom is -0.453 e. The van der Waals surface area contributed by atoms with Gasteiger partial charge in [0.25, 0.3) is 0 Å². The molecule has 20 heavy (non-hydrogen) atoms. The molecular formula is C15H11BrF2OS. The topological polar surface area (TPSA) is 9.23 Å². The lowest BCUT2D eigenvalue weighted by molar-refractivity contribution is 0.435. The number of ether oxygens (including phenoxy) is 1. The van der Waals surface area contributed by atoms with Crippen LogP contribution < -0.4 is 4.74 Å². The second-order valence-electron chi connectivity index (χ2n) is 4.59. The van der Waals surface area contributed by atoms with Crippen molar-refractivity contribution in [3.8, 4) is 11.5 Å². The SMILES string of the molecule is Fc1ccc(Oc2ccc(SC3CC3)cc2Br)c(F)c1. The van der Waals surface area contributed by atoms with Gasteiger partial charge in [-0.05, 0) is 59.1 Å². The van der Waals surface area contributed by atoms with Gasteiger partial charge in [-0.15, -0.1) is 11.8 Å². The smallest absolute Gasteiger partial charge is 0.168 e. The van der Waals surface area contributed by atoms with Crippen molar-refractivity contribution in [2.75, 3.05) is 0 Å². The van der Waals surface area contributed by atoms with Crippen molar-refractivity contribution in [1.29, 1.82) is 0 Å². The number of benzene rings is 2. The molecule has 0 aromatic heterocycles. The van der Waals surface area contributed by atoms with Crippen molar-refractivity contribution < 1.29 is 13.5 Å². The average molecular weight is 357 g/mol. The molecule has 1 fully saturated rings. The molecule has 0 N–H and O–H groups in total. The fourth-order valence-corrected chi connectivity index (χ4v) is 3.39. The van der Waals surface area contributed by atoms with E-state index in [1.165, 1.54) is 25.0 Å². The van der Waals surface area contributed by atoms with Gasteiger partial charge in [-0.2, -0.15) is 0 Å². The molecule has 1 aliphatic rings. The monoisotopic (exact) mass is 356 g/mol. The van der Waals surface area contributed by atoms with Gasteiger partial charge in [-0.1, -0.05) is 0 Å². The minimum absolute atomic E-state index is 0.00898. The van der Waals surface area contributed by atoms with Crippen LogP contribution in [0, 0.1) is 11.6 Å². The van der Waals surface area contributed by atoms with Crippen LogP contribution in [0.3, 0.4) is 0 Å². The summed E-state index contributed by atoms with van der Waals surface area (Å²) in [6, 6.07) is 8.95. The van der Waals surface area contributed by atoms with E-state index in [0.717, 1.165) is 20.7 Å². The highest BCUT2D eigenvalue weighted by Crippen LogP contribution is 2.41. The molecule has 0 bridgehead atoms. The Morgan fingerprint density at radius 3 is 2.45 bits per heavy atom. The van der Waals surface area contributed by atoms with E-state index in [1.807, 2.05) is 23.9 Å². The maximum absolute atomic E-state index is 13.5. The first kappa shape index (κ1) is 13.9. The highest BCUT2D eigenvalue weighted by molar-refractivity contribution is 9.10. The molecule has 0 saturated heterocycles. The second-order valence-corrected chi connectivity index (χ2v) is 6.81. The third kappa shape index (κ3) is 3.33. The average Bonchev–Trinajstić information content (AvgIpc) is 3.19. The molecule has 0 spiro atoms. The van der Waals surface area contributed by atoms with Crippen LogP contribution in [0.5, 0.6) is 11.5 Å². The first-order chi connectivity index (χ1) is 9.61. The molecule has 0 heterocycles. The lowest BCUT2D eigenvalue weighted by Crippen LogP contribution is -1.90. The molecule has 1 aliphatic carbocycles. The predicted molar refractivity (Wildman–Crippen MR) is 79.5 cm³/mol. The van der Waals surface area contributed by atoms with E-state index in [4.69, 9.17) is 4.74 Å². The highest BCUT2D eigenvalue weighted by Gasteiger charge is 2.22. The van der Waals surface area contributed by atoms with Crippen LogP contribution in [-0.4, -0.2) is 5.25 Å². The molecule has 0 atom stereocenters. The number of rotatable bonds is 4. The molecule has 2 aromatic carbocycles. The number of hydrogen-bond donors (Lipinski definition) is 0. The van der Waals surface area contributed by atoms with E-state index < -0.39 is 11.6 Å². The summed E-state index contributed by atoms with van der Waals surface area (Å²) in [7, 11) is 0. The molecular weight excluding hydrogens is 346 g/mol. The van der Waals surface area contributed by atoms with Crippen LogP contribution >= 0.6 is 27.7 Å². The van der Waals surface area contributed by atoms with Gasteiger partial charge in [-0.3, -0.25) is 0 Å². The van der Waals surface area contributed by atoms with Gasteiger partial charge in [0.15, 0.2) is 11.6 Å². The first-order valence-corrected chi connectivity index (χ1v) is 7.88. The van der Waals surface area contributed by atoms with Crippen LogP contribution in [0.2, 0.25) is 0 Å². The fourth-order valence-electron chi connectivity index (χ4n) is 1.69. The maximum atomic E-state index is 13.5. The van der Waals surface area contributed by atoms with Crippen molar-refractivity contribution in [3.05, 3.63) is 52.5 Å². The van der Waals surface area contributed by atoms with Gasteiger partial charge in [0.05, 0.1) is 4.47 Å². The van der Waals surface area contributed by atoms with Crippen molar-refractivity contribution >= 4 is 27.7 Å². The summed E-state index contributed by atoms with van der Waals surface area (Å²) in [5.74, 6) is -0.816. The van der Waals surface area contributed by atoms with Crippen LogP contribution in [0.15, 0.2) is 45.8 Å². The summed E-state index contributed by atoms with van der Waals surface area (Å²) in [5.41, 5.74) is 0. The largest absolute Gasteiger partial charge is 0.453 e.